The van der Waals surface area contributed by atoms with E-state index in [2.05, 4.69) is 20.2 Å². The lowest BCUT2D eigenvalue weighted by Crippen LogP contribution is -2.12. The number of nitrogens with zero attached hydrogens (tertiary/aromatic N) is 5. The molecule has 10 heteroatoms. The zero-order valence-corrected chi connectivity index (χ0v) is 17.2. The Morgan fingerprint density at radius 2 is 2.10 bits per heavy atom. The molecule has 10 nitrogen and oxygen atoms in total. The normalized spacial score (nSPS) is 11.2. The third-order valence-corrected chi connectivity index (χ3v) is 4.43. The molecule has 3 aromatic heterocycles. The molecule has 4 aromatic rings. The zero-order chi connectivity index (χ0) is 21.8. The van der Waals surface area contributed by atoms with Crippen molar-refractivity contribution < 1.29 is 18.4 Å². The van der Waals surface area contributed by atoms with Crippen molar-refractivity contribution in [1.29, 1.82) is 0 Å². The van der Waals surface area contributed by atoms with Crippen LogP contribution < -0.4 is 5.73 Å². The van der Waals surface area contributed by atoms with Crippen LogP contribution in [0.25, 0.3) is 11.3 Å². The van der Waals surface area contributed by atoms with Crippen molar-refractivity contribution in [2.45, 2.75) is 33.4 Å². The molecule has 0 fully saturated rings. The lowest BCUT2D eigenvalue weighted by atomic mass is 10.1. The molecule has 0 saturated heterocycles. The van der Waals surface area contributed by atoms with Gasteiger partial charge in [-0.1, -0.05) is 23.8 Å². The van der Waals surface area contributed by atoms with E-state index in [1.807, 2.05) is 38.1 Å². The minimum atomic E-state index is -0.651. The van der Waals surface area contributed by atoms with Crippen LogP contribution in [0.2, 0.25) is 0 Å². The van der Waals surface area contributed by atoms with E-state index in [0.29, 0.717) is 42.1 Å². The average molecular weight is 422 g/mol. The Kier molecular flexibility index (Phi) is 5.89. The Labute approximate surface area is 178 Å². The van der Waals surface area contributed by atoms with Crippen LogP contribution in [-0.2, 0) is 24.3 Å². The third kappa shape index (κ3) is 4.86. The molecular formula is C21H22N6O4. The van der Waals surface area contributed by atoms with Gasteiger partial charge in [-0.05, 0) is 19.9 Å². The van der Waals surface area contributed by atoms with E-state index in [-0.39, 0.29) is 18.7 Å². The maximum atomic E-state index is 11.9. The molecule has 0 saturated carbocycles. The second-order valence-corrected chi connectivity index (χ2v) is 6.93. The highest BCUT2D eigenvalue weighted by molar-refractivity contribution is 5.96. The van der Waals surface area contributed by atoms with Gasteiger partial charge in [0.05, 0.1) is 24.9 Å². The number of rotatable bonds is 9. The first-order valence-electron chi connectivity index (χ1n) is 9.78. The van der Waals surface area contributed by atoms with Crippen molar-refractivity contribution in [2.75, 3.05) is 6.61 Å². The molecule has 0 aliphatic rings. The lowest BCUT2D eigenvalue weighted by Gasteiger charge is -1.99. The number of amides is 1. The van der Waals surface area contributed by atoms with Gasteiger partial charge in [0.25, 0.3) is 5.91 Å². The monoisotopic (exact) mass is 422 g/mol. The summed E-state index contributed by atoms with van der Waals surface area (Å²) in [5, 5.41) is 8.63. The van der Waals surface area contributed by atoms with Crippen LogP contribution >= 0.6 is 0 Å². The first kappa shape index (κ1) is 20.5. The quantitative estimate of drug-likeness (QED) is 0.435. The summed E-state index contributed by atoms with van der Waals surface area (Å²) in [5.41, 5.74) is 8.70. The zero-order valence-electron chi connectivity index (χ0n) is 17.2. The highest BCUT2D eigenvalue weighted by atomic mass is 16.5. The minimum Gasteiger partial charge on any atom is -0.446 e. The molecule has 0 bridgehead atoms. The van der Waals surface area contributed by atoms with Crippen LogP contribution in [0.4, 0.5) is 0 Å². The van der Waals surface area contributed by atoms with Gasteiger partial charge in [0.1, 0.15) is 18.5 Å². The fraction of sp³-hybridized carbons (Fsp3) is 0.286. The predicted molar refractivity (Wildman–Crippen MR) is 109 cm³/mol. The van der Waals surface area contributed by atoms with Crippen molar-refractivity contribution >= 4 is 5.91 Å². The molecule has 2 N–H and O–H groups in total. The Hall–Kier alpha value is -3.79. The topological polar surface area (TPSA) is 135 Å². The van der Waals surface area contributed by atoms with E-state index in [1.165, 1.54) is 4.80 Å². The predicted octanol–water partition coefficient (Wildman–Crippen LogP) is 2.50. The maximum Gasteiger partial charge on any atom is 0.271 e. The molecule has 0 unspecified atom stereocenters. The Morgan fingerprint density at radius 1 is 1.23 bits per heavy atom. The standard InChI is InChI=1S/C21H22N6O4/c1-3-29-11-16-12-30-18(24-16)10-27-23-9-15(26-27)8-17-25-19(21(22)28)20(31-17)14-6-4-5-13(2)7-14/h4-7,9,12H,3,8,10-11H2,1-2H3,(H2,22,28). The van der Waals surface area contributed by atoms with Gasteiger partial charge in [0.15, 0.2) is 11.5 Å². The summed E-state index contributed by atoms with van der Waals surface area (Å²) in [6.45, 7) is 5.15. The smallest absolute Gasteiger partial charge is 0.271 e. The van der Waals surface area contributed by atoms with Crippen LogP contribution in [-0.4, -0.2) is 37.5 Å². The number of benzene rings is 1. The molecule has 0 atom stereocenters. The molecule has 1 aromatic carbocycles. The molecule has 3 heterocycles. The number of oxazole rings is 2. The molecule has 0 radical (unpaired) electrons. The molecule has 0 spiro atoms. The summed E-state index contributed by atoms with van der Waals surface area (Å²) in [4.78, 5) is 21.9. The average Bonchev–Trinajstić information content (AvgIpc) is 3.47. The van der Waals surface area contributed by atoms with Crippen LogP contribution in [0, 0.1) is 6.92 Å². The van der Waals surface area contributed by atoms with Crippen molar-refractivity contribution in [3.63, 3.8) is 0 Å². The van der Waals surface area contributed by atoms with Crippen LogP contribution in [0.3, 0.4) is 0 Å². The second kappa shape index (κ2) is 8.92. The fourth-order valence-electron chi connectivity index (χ4n) is 3.05. The van der Waals surface area contributed by atoms with E-state index < -0.39 is 5.91 Å². The molecule has 4 rings (SSSR count). The van der Waals surface area contributed by atoms with Gasteiger partial charge >= 0.3 is 0 Å². The number of aromatic nitrogens is 5. The SMILES string of the molecule is CCOCc1coc(Cn2ncc(Cc3nc(C(N)=O)c(-c4cccc(C)c4)o3)n2)n1. The molecule has 31 heavy (non-hydrogen) atoms. The fourth-order valence-corrected chi connectivity index (χ4v) is 3.05. The van der Waals surface area contributed by atoms with Gasteiger partial charge in [-0.2, -0.15) is 15.0 Å². The number of hydrogen-bond donors (Lipinski definition) is 1. The number of hydrogen-bond acceptors (Lipinski definition) is 8. The maximum absolute atomic E-state index is 11.9. The van der Waals surface area contributed by atoms with Crippen LogP contribution in [0.5, 0.6) is 0 Å². The van der Waals surface area contributed by atoms with E-state index in [0.717, 1.165) is 11.1 Å². The summed E-state index contributed by atoms with van der Waals surface area (Å²) >= 11 is 0. The van der Waals surface area contributed by atoms with E-state index in [9.17, 15) is 4.79 Å². The first-order valence-corrected chi connectivity index (χ1v) is 9.78. The molecular weight excluding hydrogens is 400 g/mol. The van der Waals surface area contributed by atoms with Gasteiger partial charge in [0, 0.05) is 12.2 Å². The van der Waals surface area contributed by atoms with E-state index in [1.54, 1.807) is 12.5 Å². The summed E-state index contributed by atoms with van der Waals surface area (Å²) in [5.74, 6) is 0.500. The minimum absolute atomic E-state index is 0.0922. The number of nitrogens with two attached hydrogens (primary N) is 1. The highest BCUT2D eigenvalue weighted by Gasteiger charge is 2.20. The van der Waals surface area contributed by atoms with Crippen molar-refractivity contribution in [3.8, 4) is 11.3 Å². The van der Waals surface area contributed by atoms with Crippen LogP contribution in [0.1, 0.15) is 46.1 Å². The Morgan fingerprint density at radius 3 is 2.87 bits per heavy atom. The van der Waals surface area contributed by atoms with E-state index in [4.69, 9.17) is 19.3 Å². The van der Waals surface area contributed by atoms with Crippen molar-refractivity contribution in [3.05, 3.63) is 71.2 Å². The first-order chi connectivity index (χ1) is 15.0. The number of primary amides is 1. The third-order valence-electron chi connectivity index (χ3n) is 4.43. The van der Waals surface area contributed by atoms with Crippen LogP contribution in [0.15, 0.2) is 45.6 Å². The molecule has 0 aliphatic carbocycles. The van der Waals surface area contributed by atoms with Crippen molar-refractivity contribution in [2.24, 2.45) is 5.73 Å². The Balaban J connectivity index is 1.49. The summed E-state index contributed by atoms with van der Waals surface area (Å²) in [6, 6.07) is 7.59. The lowest BCUT2D eigenvalue weighted by molar-refractivity contribution is 0.0996. The van der Waals surface area contributed by atoms with Gasteiger partial charge < -0.3 is 19.3 Å². The van der Waals surface area contributed by atoms with Gasteiger partial charge in [-0.3, -0.25) is 4.79 Å². The van der Waals surface area contributed by atoms with Gasteiger partial charge in [0.2, 0.25) is 11.8 Å². The second-order valence-electron chi connectivity index (χ2n) is 6.93. The molecule has 0 aliphatic heterocycles. The van der Waals surface area contributed by atoms with Gasteiger partial charge in [-0.15, -0.1) is 0 Å². The van der Waals surface area contributed by atoms with Gasteiger partial charge in [-0.25, -0.2) is 9.97 Å². The Bertz CT molecular complexity index is 1190. The molecule has 1 amide bonds. The highest BCUT2D eigenvalue weighted by Crippen LogP contribution is 2.26. The number of aryl methyl sites for hydroxylation is 1. The molecule has 160 valence electrons. The summed E-state index contributed by atoms with van der Waals surface area (Å²) < 4.78 is 16.6. The largest absolute Gasteiger partial charge is 0.446 e. The number of carbonyl (C=O) groups is 1. The number of ether oxygens (including phenoxy) is 1. The van der Waals surface area contributed by atoms with E-state index >= 15 is 0 Å². The number of carbonyl (C=O) groups excluding carboxylic acids is 1. The summed E-state index contributed by atoms with van der Waals surface area (Å²) in [7, 11) is 0. The van der Waals surface area contributed by atoms with Crippen molar-refractivity contribution in [1.82, 2.24) is 25.0 Å². The summed E-state index contributed by atoms with van der Waals surface area (Å²) in [6.07, 6.45) is 3.41.